The zero-order chi connectivity index (χ0) is 43.2. The quantitative estimate of drug-likeness (QED) is 0.109. The molecule has 13 rings (SSSR count). The van der Waals surface area contributed by atoms with E-state index in [1.165, 1.54) is 32.3 Å². The highest BCUT2D eigenvalue weighted by Crippen LogP contribution is 2.43. The SMILES string of the molecule is C\C=C(/N=C(\N=C(/N)n1c2ccccc2c2c3c4ccccc4n(-c4ccc5c6ccccc6c6ccccc6c5c4)c3ccc21)c1ccc2c(c1)oc1ccccc12)c1ccccc1. The zero-order valence-corrected chi connectivity index (χ0v) is 35.4. The molecular formula is C59H39N5O. The predicted molar refractivity (Wildman–Crippen MR) is 274 cm³/mol. The topological polar surface area (TPSA) is 73.7 Å². The van der Waals surface area contributed by atoms with Gasteiger partial charge in [-0.25, -0.2) is 4.99 Å². The molecule has 0 aliphatic rings. The normalized spacial score (nSPS) is 13.0. The summed E-state index contributed by atoms with van der Waals surface area (Å²) in [7, 11) is 0. The van der Waals surface area contributed by atoms with E-state index in [1.54, 1.807) is 0 Å². The Morgan fingerprint density at radius 2 is 0.969 bits per heavy atom. The minimum Gasteiger partial charge on any atom is -0.456 e. The first-order valence-electron chi connectivity index (χ1n) is 22.0. The lowest BCUT2D eigenvalue weighted by Gasteiger charge is -2.14. The van der Waals surface area contributed by atoms with Gasteiger partial charge in [0.15, 0.2) is 5.84 Å². The van der Waals surface area contributed by atoms with Gasteiger partial charge in [0.05, 0.1) is 27.8 Å². The second-order valence-electron chi connectivity index (χ2n) is 16.6. The van der Waals surface area contributed by atoms with E-state index in [1.807, 2.05) is 55.5 Å². The predicted octanol–water partition coefficient (Wildman–Crippen LogP) is 14.9. The number of allylic oxidation sites excluding steroid dienone is 1. The highest BCUT2D eigenvalue weighted by molar-refractivity contribution is 6.31. The number of amidine groups is 1. The van der Waals surface area contributed by atoms with Crippen LogP contribution in [0.15, 0.2) is 221 Å². The van der Waals surface area contributed by atoms with E-state index < -0.39 is 0 Å². The number of nitrogens with two attached hydrogens (primary N) is 1. The van der Waals surface area contributed by atoms with Gasteiger partial charge >= 0.3 is 0 Å². The summed E-state index contributed by atoms with van der Waals surface area (Å²) >= 11 is 0. The number of para-hydroxylation sites is 3. The Hall–Kier alpha value is -8.74. The minimum atomic E-state index is 0.305. The highest BCUT2D eigenvalue weighted by atomic mass is 16.3. The summed E-state index contributed by atoms with van der Waals surface area (Å²) < 4.78 is 10.9. The van der Waals surface area contributed by atoms with Crippen LogP contribution in [-0.4, -0.2) is 20.9 Å². The lowest BCUT2D eigenvalue weighted by Crippen LogP contribution is -2.24. The van der Waals surface area contributed by atoms with E-state index in [0.29, 0.717) is 11.8 Å². The molecule has 6 heteroatoms. The third-order valence-electron chi connectivity index (χ3n) is 13.1. The Labute approximate surface area is 373 Å². The number of hydrogen-bond acceptors (Lipinski definition) is 2. The number of nitrogens with zero attached hydrogens (tertiary/aromatic N) is 4. The first-order chi connectivity index (χ1) is 32.1. The molecule has 3 heterocycles. The maximum atomic E-state index is 7.31. The molecule has 10 aromatic carbocycles. The molecule has 3 aromatic heterocycles. The monoisotopic (exact) mass is 833 g/mol. The first kappa shape index (κ1) is 36.9. The van der Waals surface area contributed by atoms with E-state index >= 15 is 0 Å². The fourth-order valence-corrected chi connectivity index (χ4v) is 10.3. The van der Waals surface area contributed by atoms with Crippen LogP contribution in [0.1, 0.15) is 18.1 Å². The van der Waals surface area contributed by atoms with Gasteiger partial charge in [-0.3, -0.25) is 4.57 Å². The largest absolute Gasteiger partial charge is 0.456 e. The van der Waals surface area contributed by atoms with Crippen LogP contribution in [0.5, 0.6) is 0 Å². The van der Waals surface area contributed by atoms with Crippen LogP contribution in [0.3, 0.4) is 0 Å². The molecule has 0 saturated carbocycles. The van der Waals surface area contributed by atoms with Crippen molar-refractivity contribution in [1.82, 2.24) is 9.13 Å². The minimum absolute atomic E-state index is 0.305. The number of hydrogen-bond donors (Lipinski definition) is 1. The van der Waals surface area contributed by atoms with Gasteiger partial charge in [0.2, 0.25) is 5.96 Å². The van der Waals surface area contributed by atoms with Crippen molar-refractivity contribution in [3.05, 3.63) is 217 Å². The summed E-state index contributed by atoms with van der Waals surface area (Å²) in [4.78, 5) is 10.5. The van der Waals surface area contributed by atoms with Crippen molar-refractivity contribution >= 4 is 115 Å². The summed E-state index contributed by atoms with van der Waals surface area (Å²) in [5.74, 6) is 0.780. The summed E-state index contributed by atoms with van der Waals surface area (Å²) in [6.07, 6.45) is 2.01. The Bertz CT molecular complexity index is 4170. The molecular weight excluding hydrogens is 795 g/mol. The molecule has 0 atom stereocenters. The maximum Gasteiger partial charge on any atom is 0.207 e. The van der Waals surface area contributed by atoms with Gasteiger partial charge < -0.3 is 14.7 Å². The first-order valence-corrected chi connectivity index (χ1v) is 22.0. The second-order valence-corrected chi connectivity index (χ2v) is 16.6. The molecule has 65 heavy (non-hydrogen) atoms. The van der Waals surface area contributed by atoms with Crippen molar-refractivity contribution < 1.29 is 4.42 Å². The van der Waals surface area contributed by atoms with Crippen LogP contribution < -0.4 is 5.73 Å². The van der Waals surface area contributed by atoms with Crippen molar-refractivity contribution in [3.8, 4) is 5.69 Å². The lowest BCUT2D eigenvalue weighted by atomic mass is 9.94. The van der Waals surface area contributed by atoms with Gasteiger partial charge in [0.25, 0.3) is 0 Å². The third-order valence-corrected chi connectivity index (χ3v) is 13.1. The third kappa shape index (κ3) is 5.60. The standard InChI is InChI=1S/C59H39N5O/c1-2-49(36-16-4-3-5-17-36)61-58(37-28-30-45-44-22-12-15-27-54(44)65-55(45)34-37)62-59(60)64-51-26-14-11-24-47(51)57-53(64)33-32-52-56(57)46-23-10-13-25-50(46)63(52)38-29-31-43-41-20-7-6-18-39(41)40-19-8-9-21-42(40)48(43)35-38/h2-35H,1H3,(H2,60,61,62)/b49-2-. The van der Waals surface area contributed by atoms with Crippen molar-refractivity contribution in [3.63, 3.8) is 0 Å². The number of fused-ring (bicyclic) bond motifs is 16. The fourth-order valence-electron chi connectivity index (χ4n) is 10.3. The van der Waals surface area contributed by atoms with Gasteiger partial charge in [0, 0.05) is 43.6 Å². The summed E-state index contributed by atoms with van der Waals surface area (Å²) in [6, 6.07) is 70.5. The molecule has 0 radical (unpaired) electrons. The number of benzene rings is 10. The molecule has 13 aromatic rings. The number of rotatable bonds is 4. The molecule has 6 nitrogen and oxygen atoms in total. The van der Waals surface area contributed by atoms with Gasteiger partial charge in [-0.2, -0.15) is 4.99 Å². The van der Waals surface area contributed by atoms with E-state index in [4.69, 9.17) is 20.1 Å². The fraction of sp³-hybridized carbons (Fsp3) is 0.0169. The summed E-state index contributed by atoms with van der Waals surface area (Å²) in [5, 5.41) is 14.1. The highest BCUT2D eigenvalue weighted by Gasteiger charge is 2.22. The summed E-state index contributed by atoms with van der Waals surface area (Å²) in [6.45, 7) is 2.00. The molecule has 2 N–H and O–H groups in total. The zero-order valence-electron chi connectivity index (χ0n) is 35.4. The van der Waals surface area contributed by atoms with Crippen LogP contribution in [0.25, 0.3) is 109 Å². The Balaban J connectivity index is 1.04. The van der Waals surface area contributed by atoms with Crippen molar-refractivity contribution in [2.24, 2.45) is 15.7 Å². The van der Waals surface area contributed by atoms with Crippen molar-refractivity contribution in [1.29, 1.82) is 0 Å². The number of aliphatic imine (C=N–C) groups is 2. The Morgan fingerprint density at radius 1 is 0.431 bits per heavy atom. The Morgan fingerprint density at radius 3 is 1.69 bits per heavy atom. The Kier molecular flexibility index (Phi) is 8.17. The molecule has 0 spiro atoms. The number of aromatic nitrogens is 2. The average molecular weight is 834 g/mol. The molecule has 0 bridgehead atoms. The van der Waals surface area contributed by atoms with Crippen LogP contribution in [0, 0.1) is 0 Å². The van der Waals surface area contributed by atoms with Gasteiger partial charge in [-0.15, -0.1) is 0 Å². The van der Waals surface area contributed by atoms with Crippen LogP contribution >= 0.6 is 0 Å². The van der Waals surface area contributed by atoms with E-state index in [0.717, 1.165) is 88.1 Å². The molecule has 0 unspecified atom stereocenters. The van der Waals surface area contributed by atoms with E-state index in [2.05, 4.69) is 167 Å². The van der Waals surface area contributed by atoms with Crippen molar-refractivity contribution in [2.75, 3.05) is 0 Å². The van der Waals surface area contributed by atoms with Crippen LogP contribution in [-0.2, 0) is 0 Å². The van der Waals surface area contributed by atoms with E-state index in [9.17, 15) is 0 Å². The van der Waals surface area contributed by atoms with Gasteiger partial charge in [-0.1, -0.05) is 152 Å². The van der Waals surface area contributed by atoms with Gasteiger partial charge in [0.1, 0.15) is 11.2 Å². The molecule has 306 valence electrons. The molecule has 0 saturated heterocycles. The molecule has 0 amide bonds. The molecule has 0 fully saturated rings. The summed E-state index contributed by atoms with van der Waals surface area (Å²) in [5.41, 5.74) is 16.7. The van der Waals surface area contributed by atoms with Gasteiger partial charge in [-0.05, 0) is 99.4 Å². The second kappa shape index (κ2) is 14.4. The maximum absolute atomic E-state index is 7.31. The van der Waals surface area contributed by atoms with Crippen LogP contribution in [0.4, 0.5) is 0 Å². The molecule has 0 aliphatic carbocycles. The van der Waals surface area contributed by atoms with E-state index in [-0.39, 0.29) is 0 Å². The smallest absolute Gasteiger partial charge is 0.207 e. The van der Waals surface area contributed by atoms with Crippen molar-refractivity contribution in [2.45, 2.75) is 6.92 Å². The average Bonchev–Trinajstić information content (AvgIpc) is 4.03. The lowest BCUT2D eigenvalue weighted by molar-refractivity contribution is 0.669. The molecule has 0 aliphatic heterocycles. The van der Waals surface area contributed by atoms with Crippen LogP contribution in [0.2, 0.25) is 0 Å². The number of furan rings is 1.